The zero-order chi connectivity index (χ0) is 67.2. The first-order chi connectivity index (χ1) is 49.4. The van der Waals surface area contributed by atoms with Gasteiger partial charge in [-0.1, -0.05) is 242 Å². The zero-order valence-electron chi connectivity index (χ0n) is 54.1. The van der Waals surface area contributed by atoms with E-state index in [-0.39, 0.29) is 0 Å². The summed E-state index contributed by atoms with van der Waals surface area (Å²) in [6.07, 6.45) is 25.4. The number of terminal acetylenes is 4. The third kappa shape index (κ3) is 10.5. The first-order valence-corrected chi connectivity index (χ1v) is 33.1. The smallest absolute Gasteiger partial charge is 0.238 e. The molecule has 0 saturated carbocycles. The van der Waals surface area contributed by atoms with Crippen LogP contribution in [0.15, 0.2) is 322 Å². The van der Waals surface area contributed by atoms with Gasteiger partial charge in [0.25, 0.3) is 0 Å². The van der Waals surface area contributed by atoms with E-state index in [0.29, 0.717) is 39.9 Å². The van der Waals surface area contributed by atoms with Crippen LogP contribution < -0.4 is 0 Å². The van der Waals surface area contributed by atoms with Crippen LogP contribution in [0.2, 0.25) is 0 Å². The van der Waals surface area contributed by atoms with Gasteiger partial charge < -0.3 is 4.57 Å². The van der Waals surface area contributed by atoms with Gasteiger partial charge in [-0.3, -0.25) is 4.57 Å². The van der Waals surface area contributed by atoms with Gasteiger partial charge in [0.05, 0.1) is 22.1 Å². The van der Waals surface area contributed by atoms with Crippen molar-refractivity contribution in [2.75, 3.05) is 0 Å². The van der Waals surface area contributed by atoms with Gasteiger partial charge in [-0.15, -0.1) is 25.7 Å². The minimum atomic E-state index is 0.540. The highest BCUT2D eigenvalue weighted by Crippen LogP contribution is 2.47. The van der Waals surface area contributed by atoms with Crippen molar-refractivity contribution >= 4 is 43.6 Å². The highest BCUT2D eigenvalue weighted by atomic mass is 15.2. The van der Waals surface area contributed by atoms with Crippen molar-refractivity contribution in [1.82, 2.24) is 24.1 Å². The molecule has 3 heterocycles. The molecule has 3 aromatic heterocycles. The maximum atomic E-state index is 6.48. The Labute approximate surface area is 580 Å². The first-order valence-electron chi connectivity index (χ1n) is 33.1. The maximum Gasteiger partial charge on any atom is 0.238 e. The fourth-order valence-electron chi connectivity index (χ4n) is 14.4. The van der Waals surface area contributed by atoms with E-state index >= 15 is 0 Å². The summed E-state index contributed by atoms with van der Waals surface area (Å²) < 4.78 is 4.55. The Morgan fingerprint density at radius 2 is 0.580 bits per heavy atom. The standard InChI is InChI=1S/C95H57N5/c1-5-62-37-26-42-80(78(62)7-3)83-44-28-45-84(81-43-27-38-63(6-2)79(81)8-4)92(83)76-57-73(56-75(58-76)74-54-71(64-29-14-9-15-30-64)53-72(55-74)65-31-16-10-17-32-65)70-49-51-90-87(61-70)86-60-69(47-50-89(86)99(90)77-39-22-13-23-40-77)68-48-52-91-85(59-68)82-41-24-25-46-88(82)100(91)95-97-93(66-33-18-11-19-34-66)96-94(98-95)67-35-20-12-21-36-67/h1-4,9-61H. The fraction of sp³-hybridized carbons (Fsp3) is 0. The van der Waals surface area contributed by atoms with Crippen LogP contribution in [-0.4, -0.2) is 24.1 Å². The monoisotopic (exact) mass is 1270 g/mol. The van der Waals surface area contributed by atoms with Crippen LogP contribution >= 0.6 is 0 Å². The third-order valence-corrected chi connectivity index (χ3v) is 19.1. The van der Waals surface area contributed by atoms with Gasteiger partial charge in [0.2, 0.25) is 5.95 Å². The second-order valence-electron chi connectivity index (χ2n) is 24.8. The van der Waals surface area contributed by atoms with Gasteiger partial charge in [0.1, 0.15) is 0 Å². The molecule has 14 aromatic carbocycles. The van der Waals surface area contributed by atoms with Crippen molar-refractivity contribution in [2.45, 2.75) is 0 Å². The van der Waals surface area contributed by atoms with E-state index in [1.165, 1.54) is 0 Å². The fourth-order valence-corrected chi connectivity index (χ4v) is 14.4. The third-order valence-electron chi connectivity index (χ3n) is 19.1. The molecular formula is C95H57N5. The summed E-state index contributed by atoms with van der Waals surface area (Å²) in [6.45, 7) is 0. The summed E-state index contributed by atoms with van der Waals surface area (Å²) in [5, 5.41) is 4.36. The Morgan fingerprint density at radius 1 is 0.230 bits per heavy atom. The Hall–Kier alpha value is -14.1. The average molecular weight is 1270 g/mol. The summed E-state index contributed by atoms with van der Waals surface area (Å²) in [5.41, 5.74) is 25.4. The minimum Gasteiger partial charge on any atom is -0.309 e. The number of aromatic nitrogens is 5. The van der Waals surface area contributed by atoms with Gasteiger partial charge in [0, 0.05) is 60.6 Å². The molecule has 0 bridgehead atoms. The molecule has 17 rings (SSSR count). The van der Waals surface area contributed by atoms with Gasteiger partial charge in [-0.2, -0.15) is 9.97 Å². The van der Waals surface area contributed by atoms with Crippen molar-refractivity contribution in [3.8, 4) is 173 Å². The number of para-hydroxylation sites is 2. The van der Waals surface area contributed by atoms with Crippen LogP contribution in [0.3, 0.4) is 0 Å². The van der Waals surface area contributed by atoms with E-state index < -0.39 is 0 Å². The van der Waals surface area contributed by atoms with Gasteiger partial charge in [-0.25, -0.2) is 4.98 Å². The van der Waals surface area contributed by atoms with E-state index in [1.54, 1.807) is 0 Å². The zero-order valence-corrected chi connectivity index (χ0v) is 54.1. The molecule has 0 aliphatic heterocycles. The number of fused-ring (bicyclic) bond motifs is 6. The topological polar surface area (TPSA) is 48.5 Å². The number of benzene rings is 14. The summed E-state index contributed by atoms with van der Waals surface area (Å²) in [4.78, 5) is 15.5. The van der Waals surface area contributed by atoms with Crippen molar-refractivity contribution in [1.29, 1.82) is 0 Å². The second kappa shape index (κ2) is 25.2. The lowest BCUT2D eigenvalue weighted by molar-refractivity contribution is 0.953. The molecule has 17 aromatic rings. The van der Waals surface area contributed by atoms with Crippen LogP contribution in [0, 0.1) is 49.4 Å². The summed E-state index contributed by atoms with van der Waals surface area (Å²) in [5.74, 6) is 13.5. The van der Waals surface area contributed by atoms with Crippen LogP contribution in [0.1, 0.15) is 22.3 Å². The molecule has 0 N–H and O–H groups in total. The van der Waals surface area contributed by atoms with Crippen molar-refractivity contribution in [3.05, 3.63) is 344 Å². The lowest BCUT2D eigenvalue weighted by Gasteiger charge is -2.21. The van der Waals surface area contributed by atoms with E-state index in [0.717, 1.165) is 149 Å². The van der Waals surface area contributed by atoms with Crippen LogP contribution in [0.25, 0.3) is 167 Å². The quantitative estimate of drug-likeness (QED) is 0.115. The van der Waals surface area contributed by atoms with E-state index in [4.69, 9.17) is 40.6 Å². The molecule has 0 amide bonds. The number of nitrogens with zero attached hydrogens (tertiary/aromatic N) is 5. The Morgan fingerprint density at radius 3 is 1.04 bits per heavy atom. The van der Waals surface area contributed by atoms with Crippen molar-refractivity contribution in [2.24, 2.45) is 0 Å². The molecule has 0 saturated heterocycles. The molecule has 462 valence electrons. The van der Waals surface area contributed by atoms with Gasteiger partial charge in [0.15, 0.2) is 11.6 Å². The Bertz CT molecular complexity index is 6080. The molecule has 100 heavy (non-hydrogen) atoms. The lowest BCUT2D eigenvalue weighted by atomic mass is 9.82. The molecule has 0 unspecified atom stereocenters. The normalized spacial score (nSPS) is 11.2. The van der Waals surface area contributed by atoms with E-state index in [9.17, 15) is 0 Å². The highest BCUT2D eigenvalue weighted by molar-refractivity contribution is 6.14. The summed E-state index contributed by atoms with van der Waals surface area (Å²) >= 11 is 0. The molecule has 0 atom stereocenters. The number of hydrogen-bond acceptors (Lipinski definition) is 3. The largest absolute Gasteiger partial charge is 0.309 e. The van der Waals surface area contributed by atoms with Crippen molar-refractivity contribution in [3.63, 3.8) is 0 Å². The first kappa shape index (κ1) is 59.7. The van der Waals surface area contributed by atoms with Gasteiger partial charge >= 0.3 is 0 Å². The molecule has 0 aliphatic carbocycles. The molecule has 0 aliphatic rings. The van der Waals surface area contributed by atoms with Crippen LogP contribution in [-0.2, 0) is 0 Å². The van der Waals surface area contributed by atoms with E-state index in [1.807, 2.05) is 84.9 Å². The van der Waals surface area contributed by atoms with Crippen molar-refractivity contribution < 1.29 is 0 Å². The van der Waals surface area contributed by atoms with Crippen LogP contribution in [0.4, 0.5) is 0 Å². The lowest BCUT2D eigenvalue weighted by Crippen LogP contribution is -2.06. The molecule has 5 heteroatoms. The van der Waals surface area contributed by atoms with Gasteiger partial charge in [-0.05, 0) is 192 Å². The maximum absolute atomic E-state index is 6.48. The molecule has 5 nitrogen and oxygen atoms in total. The van der Waals surface area contributed by atoms with Crippen LogP contribution in [0.5, 0.6) is 0 Å². The predicted molar refractivity (Wildman–Crippen MR) is 415 cm³/mol. The second-order valence-corrected chi connectivity index (χ2v) is 24.8. The summed E-state index contributed by atoms with van der Waals surface area (Å²) in [6, 6.07) is 113. The summed E-state index contributed by atoms with van der Waals surface area (Å²) in [7, 11) is 0. The van der Waals surface area contributed by atoms with E-state index in [2.05, 4.69) is 269 Å². The minimum absolute atomic E-state index is 0.540. The molecular weight excluding hydrogens is 1210 g/mol. The Balaban J connectivity index is 0.897. The molecule has 0 fully saturated rings. The predicted octanol–water partition coefficient (Wildman–Crippen LogP) is 22.7. The molecule has 0 radical (unpaired) electrons. The number of hydrogen-bond donors (Lipinski definition) is 0. The molecule has 0 spiro atoms. The average Bonchev–Trinajstić information content (AvgIpc) is 1.54. The Kier molecular flexibility index (Phi) is 15.1. The number of rotatable bonds is 12. The SMILES string of the molecule is C#Cc1cccc(-c2cccc(-c3cccc(C#C)c3C#C)c2-c2cc(-c3cc(-c4ccccc4)cc(-c4ccccc4)c3)cc(-c3ccc4c(c3)c3cc(-c5ccc6c(c5)c5ccccc5n6-c5nc(-c6ccccc6)nc(-c6ccccc6)n5)ccc3n4-c3ccccc3)c2)c1C#C. The highest BCUT2D eigenvalue weighted by Gasteiger charge is 2.24.